The summed E-state index contributed by atoms with van der Waals surface area (Å²) >= 11 is 0. The first kappa shape index (κ1) is 16.2. The van der Waals surface area contributed by atoms with E-state index in [1.54, 1.807) is 6.92 Å². The molecule has 0 fully saturated rings. The second-order valence-corrected chi connectivity index (χ2v) is 5.30. The van der Waals surface area contributed by atoms with Gasteiger partial charge in [-0.25, -0.2) is 4.79 Å². The second kappa shape index (κ2) is 7.65. The maximum Gasteiger partial charge on any atom is 0.321 e. The zero-order valence-corrected chi connectivity index (χ0v) is 12.5. The quantitative estimate of drug-likeness (QED) is 0.749. The lowest BCUT2D eigenvalue weighted by Gasteiger charge is -2.17. The lowest BCUT2D eigenvalue weighted by molar-refractivity contribution is -0.710. The van der Waals surface area contributed by atoms with E-state index in [1.807, 2.05) is 56.4 Å². The normalized spacial score (nSPS) is 13.7. The first-order valence-electron chi connectivity index (χ1n) is 6.91. The van der Waals surface area contributed by atoms with Gasteiger partial charge in [-0.2, -0.15) is 0 Å². The summed E-state index contributed by atoms with van der Waals surface area (Å²) in [6.07, 6.45) is 0. The van der Waals surface area contributed by atoms with Crippen LogP contribution < -0.4 is 16.0 Å². The van der Waals surface area contributed by atoms with Crippen molar-refractivity contribution in [2.45, 2.75) is 45.8 Å². The number of nitrogens with one attached hydrogen (secondary N) is 2. The van der Waals surface area contributed by atoms with Crippen LogP contribution in [0.15, 0.2) is 30.3 Å². The van der Waals surface area contributed by atoms with E-state index < -0.39 is 6.03 Å². The Bertz CT molecular complexity index is 446. The van der Waals surface area contributed by atoms with Gasteiger partial charge < -0.3 is 10.6 Å². The molecule has 0 aliphatic carbocycles. The Morgan fingerprint density at radius 3 is 2.20 bits per heavy atom. The van der Waals surface area contributed by atoms with Gasteiger partial charge in [0.15, 0.2) is 6.04 Å². The van der Waals surface area contributed by atoms with Crippen molar-refractivity contribution in [2.24, 2.45) is 0 Å². The van der Waals surface area contributed by atoms with E-state index in [0.29, 0.717) is 0 Å². The average molecular weight is 278 g/mol. The molecule has 0 aromatic heterocycles. The minimum atomic E-state index is -0.447. The van der Waals surface area contributed by atoms with E-state index in [-0.39, 0.29) is 24.0 Å². The standard InChI is InChI=1S/C15H23N3O2/c1-10(2)16-15(20)18-14(19)12(4)17-11(3)13-8-6-5-7-9-13/h5-12,17H,1-4H3,(H2,16,18,19,20)/p+1/t11-,12+/m1/s1. The zero-order chi connectivity index (χ0) is 15.1. The van der Waals surface area contributed by atoms with Gasteiger partial charge in [0.2, 0.25) is 0 Å². The van der Waals surface area contributed by atoms with Crippen LogP contribution >= 0.6 is 0 Å². The Hall–Kier alpha value is -1.88. The van der Waals surface area contributed by atoms with Gasteiger partial charge in [0, 0.05) is 11.6 Å². The van der Waals surface area contributed by atoms with E-state index in [2.05, 4.69) is 10.6 Å². The molecule has 0 saturated carbocycles. The number of rotatable bonds is 5. The first-order valence-corrected chi connectivity index (χ1v) is 6.91. The van der Waals surface area contributed by atoms with Crippen LogP contribution in [-0.2, 0) is 4.79 Å². The molecular formula is C15H24N3O2+. The molecule has 0 saturated heterocycles. The molecule has 0 unspecified atom stereocenters. The third-order valence-electron chi connectivity index (χ3n) is 2.97. The Morgan fingerprint density at radius 1 is 1.05 bits per heavy atom. The van der Waals surface area contributed by atoms with Crippen LogP contribution in [0.1, 0.15) is 39.3 Å². The number of carbonyl (C=O) groups excluding carboxylic acids is 2. The van der Waals surface area contributed by atoms with Crippen molar-refractivity contribution in [2.75, 3.05) is 0 Å². The van der Waals surface area contributed by atoms with Crippen LogP contribution in [-0.4, -0.2) is 24.0 Å². The number of benzene rings is 1. The molecule has 5 heteroatoms. The number of amides is 3. The fraction of sp³-hybridized carbons (Fsp3) is 0.467. The average Bonchev–Trinajstić information content (AvgIpc) is 2.38. The number of urea groups is 1. The molecule has 0 aliphatic rings. The molecule has 1 rings (SSSR count). The minimum absolute atomic E-state index is 0.00493. The number of hydrogen-bond donors (Lipinski definition) is 3. The molecule has 4 N–H and O–H groups in total. The van der Waals surface area contributed by atoms with Crippen LogP contribution in [0.3, 0.4) is 0 Å². The van der Waals surface area contributed by atoms with Crippen LogP contribution in [0.2, 0.25) is 0 Å². The topological polar surface area (TPSA) is 74.8 Å². The summed E-state index contributed by atoms with van der Waals surface area (Å²) in [7, 11) is 0. The molecule has 0 heterocycles. The summed E-state index contributed by atoms with van der Waals surface area (Å²) < 4.78 is 0. The minimum Gasteiger partial charge on any atom is -0.336 e. The Labute approximate surface area is 120 Å². The lowest BCUT2D eigenvalue weighted by Crippen LogP contribution is -2.92. The van der Waals surface area contributed by atoms with E-state index in [4.69, 9.17) is 0 Å². The van der Waals surface area contributed by atoms with Gasteiger partial charge in [0.1, 0.15) is 6.04 Å². The van der Waals surface area contributed by atoms with Crippen LogP contribution in [0.25, 0.3) is 0 Å². The molecule has 20 heavy (non-hydrogen) atoms. The lowest BCUT2D eigenvalue weighted by atomic mass is 10.1. The smallest absolute Gasteiger partial charge is 0.321 e. The summed E-state index contributed by atoms with van der Waals surface area (Å²) in [5, 5.41) is 6.91. The number of carbonyl (C=O) groups is 2. The van der Waals surface area contributed by atoms with Crippen molar-refractivity contribution < 1.29 is 14.9 Å². The van der Waals surface area contributed by atoms with E-state index in [0.717, 1.165) is 5.56 Å². The van der Waals surface area contributed by atoms with Crippen molar-refractivity contribution in [3.05, 3.63) is 35.9 Å². The molecule has 0 bridgehead atoms. The maximum absolute atomic E-state index is 11.9. The number of hydrogen-bond acceptors (Lipinski definition) is 2. The van der Waals surface area contributed by atoms with Crippen LogP contribution in [0.4, 0.5) is 4.79 Å². The van der Waals surface area contributed by atoms with Crippen molar-refractivity contribution in [3.63, 3.8) is 0 Å². The zero-order valence-electron chi connectivity index (χ0n) is 12.5. The number of quaternary nitrogens is 1. The molecule has 5 nitrogen and oxygen atoms in total. The molecule has 0 aliphatic heterocycles. The van der Waals surface area contributed by atoms with Gasteiger partial charge in [-0.1, -0.05) is 30.3 Å². The predicted octanol–water partition coefficient (Wildman–Crippen LogP) is 0.934. The first-order chi connectivity index (χ1) is 9.40. The van der Waals surface area contributed by atoms with Gasteiger partial charge in [0.25, 0.3) is 5.91 Å². The van der Waals surface area contributed by atoms with Gasteiger partial charge in [-0.3, -0.25) is 10.1 Å². The molecule has 2 atom stereocenters. The molecule has 0 radical (unpaired) electrons. The highest BCUT2D eigenvalue weighted by Gasteiger charge is 2.21. The predicted molar refractivity (Wildman–Crippen MR) is 78.1 cm³/mol. The summed E-state index contributed by atoms with van der Waals surface area (Å²) in [6.45, 7) is 7.51. The van der Waals surface area contributed by atoms with Crippen LogP contribution in [0.5, 0.6) is 0 Å². The molecular weight excluding hydrogens is 254 g/mol. The SMILES string of the molecule is CC(C)NC(=O)NC(=O)[C@H](C)[NH2+][C@H](C)c1ccccc1. The number of nitrogens with two attached hydrogens (primary N) is 1. The van der Waals surface area contributed by atoms with Gasteiger partial charge in [0.05, 0.1) is 0 Å². The summed E-state index contributed by atoms with van der Waals surface area (Å²) in [5.74, 6) is -0.286. The van der Waals surface area contributed by atoms with Crippen molar-refractivity contribution in [3.8, 4) is 0 Å². The molecule has 3 amide bonds. The van der Waals surface area contributed by atoms with Crippen molar-refractivity contribution in [1.82, 2.24) is 10.6 Å². The van der Waals surface area contributed by atoms with E-state index in [9.17, 15) is 9.59 Å². The van der Waals surface area contributed by atoms with Crippen molar-refractivity contribution >= 4 is 11.9 Å². The molecule has 1 aromatic rings. The van der Waals surface area contributed by atoms with Gasteiger partial charge in [-0.05, 0) is 27.7 Å². The summed E-state index contributed by atoms with van der Waals surface area (Å²) in [5.41, 5.74) is 1.15. The fourth-order valence-corrected chi connectivity index (χ4v) is 1.91. The van der Waals surface area contributed by atoms with Crippen LogP contribution in [0, 0.1) is 0 Å². The fourth-order valence-electron chi connectivity index (χ4n) is 1.91. The third kappa shape index (κ3) is 5.40. The highest BCUT2D eigenvalue weighted by molar-refractivity contribution is 5.96. The highest BCUT2D eigenvalue weighted by Crippen LogP contribution is 2.06. The Morgan fingerprint density at radius 2 is 1.65 bits per heavy atom. The third-order valence-corrected chi connectivity index (χ3v) is 2.97. The van der Waals surface area contributed by atoms with Crippen molar-refractivity contribution in [1.29, 1.82) is 0 Å². The Balaban J connectivity index is 2.47. The summed E-state index contributed by atoms with van der Waals surface area (Å²) in [6, 6.07) is 9.34. The molecule has 110 valence electrons. The largest absolute Gasteiger partial charge is 0.336 e. The Kier molecular flexibility index (Phi) is 6.18. The summed E-state index contributed by atoms with van der Waals surface area (Å²) in [4.78, 5) is 23.4. The van der Waals surface area contributed by atoms with Gasteiger partial charge in [-0.15, -0.1) is 0 Å². The maximum atomic E-state index is 11.9. The number of imide groups is 1. The van der Waals surface area contributed by atoms with E-state index in [1.165, 1.54) is 0 Å². The highest BCUT2D eigenvalue weighted by atomic mass is 16.2. The molecule has 0 spiro atoms. The van der Waals surface area contributed by atoms with E-state index >= 15 is 0 Å². The monoisotopic (exact) mass is 278 g/mol. The van der Waals surface area contributed by atoms with Gasteiger partial charge >= 0.3 is 6.03 Å². The molecule has 1 aromatic carbocycles. The second-order valence-electron chi connectivity index (χ2n) is 5.30.